The number of nitriles is 1. The van der Waals surface area contributed by atoms with E-state index in [1.165, 1.54) is 17.8 Å². The lowest BCUT2D eigenvalue weighted by Crippen LogP contribution is -2.32. The highest BCUT2D eigenvalue weighted by Gasteiger charge is 2.21. The first-order chi connectivity index (χ1) is 21.6. The molecule has 0 bridgehead atoms. The minimum Gasteiger partial charge on any atom is -0.418 e. The van der Waals surface area contributed by atoms with Crippen molar-refractivity contribution in [3.8, 4) is 17.3 Å². The molecule has 0 aliphatic rings. The Hall–Kier alpha value is -3.94. The number of benzene rings is 1. The number of thiophene rings is 1. The number of aromatic nitrogens is 2. The van der Waals surface area contributed by atoms with E-state index in [0.717, 1.165) is 37.7 Å². The molecule has 1 aromatic carbocycles. The molecular formula is C35H47N7O2S. The highest BCUT2D eigenvalue weighted by atomic mass is 32.1. The summed E-state index contributed by atoms with van der Waals surface area (Å²) in [5.41, 5.74) is 9.81. The molecule has 10 heteroatoms. The van der Waals surface area contributed by atoms with Gasteiger partial charge in [0, 0.05) is 30.3 Å². The molecule has 2 unspecified atom stereocenters. The minimum atomic E-state index is -0.180. The maximum Gasteiger partial charge on any atom is 0.253 e. The zero-order valence-corrected chi connectivity index (χ0v) is 28.3. The van der Waals surface area contributed by atoms with Gasteiger partial charge in [-0.05, 0) is 68.2 Å². The number of unbranched alkanes of at least 4 members (excludes halogenated alkanes) is 1. The van der Waals surface area contributed by atoms with Gasteiger partial charge >= 0.3 is 0 Å². The van der Waals surface area contributed by atoms with Crippen LogP contribution in [0.1, 0.15) is 104 Å². The largest absolute Gasteiger partial charge is 0.418 e. The van der Waals surface area contributed by atoms with Crippen molar-refractivity contribution in [3.63, 3.8) is 0 Å². The monoisotopic (exact) mass is 629 g/mol. The van der Waals surface area contributed by atoms with Crippen LogP contribution in [-0.4, -0.2) is 58.2 Å². The van der Waals surface area contributed by atoms with Gasteiger partial charge in [0.2, 0.25) is 11.8 Å². The van der Waals surface area contributed by atoms with Crippen molar-refractivity contribution in [2.45, 2.75) is 86.1 Å². The van der Waals surface area contributed by atoms with Crippen LogP contribution < -0.4 is 5.73 Å². The molecule has 0 saturated heterocycles. The van der Waals surface area contributed by atoms with Gasteiger partial charge in [0.25, 0.3) is 5.91 Å². The quantitative estimate of drug-likeness (QED) is 0.103. The van der Waals surface area contributed by atoms with Crippen molar-refractivity contribution < 1.29 is 9.53 Å². The summed E-state index contributed by atoms with van der Waals surface area (Å²) >= 11 is 1.42. The summed E-state index contributed by atoms with van der Waals surface area (Å²) in [6.07, 6.45) is 7.57. The van der Waals surface area contributed by atoms with Crippen LogP contribution >= 0.6 is 11.3 Å². The third-order valence-electron chi connectivity index (χ3n) is 7.93. The first-order valence-electron chi connectivity index (χ1n) is 15.9. The maximum atomic E-state index is 13.5. The van der Waals surface area contributed by atoms with Gasteiger partial charge in [0.15, 0.2) is 0 Å². The van der Waals surface area contributed by atoms with E-state index in [-0.39, 0.29) is 23.7 Å². The molecule has 3 rings (SSSR count). The zero-order chi connectivity index (χ0) is 32.9. The van der Waals surface area contributed by atoms with Gasteiger partial charge in [-0.1, -0.05) is 53.0 Å². The van der Waals surface area contributed by atoms with Crippen molar-refractivity contribution in [3.05, 3.63) is 68.8 Å². The maximum absolute atomic E-state index is 13.5. The second kappa shape index (κ2) is 17.5. The average Bonchev–Trinajstić information content (AvgIpc) is 3.49. The van der Waals surface area contributed by atoms with Crippen LogP contribution in [0.5, 0.6) is 0 Å². The number of aliphatic imine (C=N–C) groups is 1. The molecule has 9 nitrogen and oxygen atoms in total. The topological polar surface area (TPSA) is 141 Å². The number of nitrogens with one attached hydrogen (secondary N) is 1. The fourth-order valence-electron chi connectivity index (χ4n) is 4.77. The minimum absolute atomic E-state index is 0.0324. The van der Waals surface area contributed by atoms with E-state index < -0.39 is 0 Å². The third kappa shape index (κ3) is 9.77. The number of hydrogen-bond donors (Lipinski definition) is 2. The number of nitrogens with two attached hydrogens (primary N) is 1. The second-order valence-corrected chi connectivity index (χ2v) is 12.5. The Morgan fingerprint density at radius 3 is 2.60 bits per heavy atom. The molecule has 0 aliphatic heterocycles. The number of hydrogen-bond acceptors (Lipinski definition) is 9. The SMILES string of the molecule is CCCN(CCCCC(C)CC)C(=O)c1ccc(-c2cnc(C)c(C(=NCC(N)CC)OC(=N)c3sccc3C)n2)c(C#N)c1. The number of rotatable bonds is 15. The van der Waals surface area contributed by atoms with E-state index in [1.807, 2.05) is 30.2 Å². The van der Waals surface area contributed by atoms with E-state index in [9.17, 15) is 10.1 Å². The summed E-state index contributed by atoms with van der Waals surface area (Å²) in [5.74, 6) is 0.737. The molecule has 0 saturated carbocycles. The van der Waals surface area contributed by atoms with Gasteiger partial charge in [-0.3, -0.25) is 15.2 Å². The van der Waals surface area contributed by atoms with Crippen LogP contribution in [0.4, 0.5) is 0 Å². The summed E-state index contributed by atoms with van der Waals surface area (Å²) < 4.78 is 6.01. The third-order valence-corrected chi connectivity index (χ3v) is 8.95. The molecular weight excluding hydrogens is 582 g/mol. The van der Waals surface area contributed by atoms with E-state index in [1.54, 1.807) is 31.3 Å². The first-order valence-corrected chi connectivity index (χ1v) is 16.8. The van der Waals surface area contributed by atoms with Crippen LogP contribution in [-0.2, 0) is 4.74 Å². The second-order valence-electron chi connectivity index (χ2n) is 11.5. The lowest BCUT2D eigenvalue weighted by atomic mass is 10.0. The summed E-state index contributed by atoms with van der Waals surface area (Å²) in [6, 6.07) is 9.15. The highest BCUT2D eigenvalue weighted by Crippen LogP contribution is 2.25. The Bertz CT molecular complexity index is 1520. The van der Waals surface area contributed by atoms with Crippen LogP contribution in [0.25, 0.3) is 11.3 Å². The molecule has 0 spiro atoms. The van der Waals surface area contributed by atoms with Crippen LogP contribution in [0.3, 0.4) is 0 Å². The van der Waals surface area contributed by atoms with Crippen molar-refractivity contribution in [1.82, 2.24) is 14.9 Å². The van der Waals surface area contributed by atoms with Gasteiger partial charge in [0.05, 0.1) is 40.6 Å². The van der Waals surface area contributed by atoms with E-state index in [4.69, 9.17) is 20.9 Å². The molecule has 3 aromatic rings. The van der Waals surface area contributed by atoms with E-state index in [0.29, 0.717) is 64.2 Å². The Morgan fingerprint density at radius 1 is 1.18 bits per heavy atom. The smallest absolute Gasteiger partial charge is 0.253 e. The molecule has 1 amide bonds. The molecule has 2 aromatic heterocycles. The van der Waals surface area contributed by atoms with Crippen LogP contribution in [0, 0.1) is 36.5 Å². The van der Waals surface area contributed by atoms with Gasteiger partial charge in [-0.2, -0.15) is 5.26 Å². The number of amides is 1. The molecule has 0 fully saturated rings. The Morgan fingerprint density at radius 2 is 1.96 bits per heavy atom. The fraction of sp³-hybridized carbons (Fsp3) is 0.486. The van der Waals surface area contributed by atoms with Gasteiger partial charge in [0.1, 0.15) is 5.69 Å². The van der Waals surface area contributed by atoms with Gasteiger partial charge < -0.3 is 15.4 Å². The number of ether oxygens (including phenoxy) is 1. The van der Waals surface area contributed by atoms with E-state index in [2.05, 4.69) is 36.8 Å². The highest BCUT2D eigenvalue weighted by molar-refractivity contribution is 7.12. The normalized spacial score (nSPS) is 12.8. The van der Waals surface area contributed by atoms with Gasteiger partial charge in [-0.15, -0.1) is 11.3 Å². The summed E-state index contributed by atoms with van der Waals surface area (Å²) in [7, 11) is 0. The number of carbonyl (C=O) groups is 1. The van der Waals surface area contributed by atoms with Crippen molar-refractivity contribution in [2.75, 3.05) is 19.6 Å². The molecule has 45 heavy (non-hydrogen) atoms. The summed E-state index contributed by atoms with van der Waals surface area (Å²) in [6.45, 7) is 13.9. The molecule has 3 N–H and O–H groups in total. The summed E-state index contributed by atoms with van der Waals surface area (Å²) in [5, 5.41) is 20.6. The lowest BCUT2D eigenvalue weighted by molar-refractivity contribution is 0.0752. The predicted octanol–water partition coefficient (Wildman–Crippen LogP) is 7.29. The fourth-order valence-corrected chi connectivity index (χ4v) is 5.59. The molecule has 240 valence electrons. The molecule has 2 atom stereocenters. The average molecular weight is 630 g/mol. The van der Waals surface area contributed by atoms with Crippen LogP contribution in [0.15, 0.2) is 40.8 Å². The van der Waals surface area contributed by atoms with Crippen LogP contribution in [0.2, 0.25) is 0 Å². The van der Waals surface area contributed by atoms with Gasteiger partial charge in [-0.25, -0.2) is 9.98 Å². The molecule has 0 aliphatic carbocycles. The van der Waals surface area contributed by atoms with Crippen molar-refractivity contribution in [2.24, 2.45) is 16.6 Å². The number of carbonyl (C=O) groups excluding carboxylic acids is 1. The zero-order valence-electron chi connectivity index (χ0n) is 27.5. The Kier molecular flexibility index (Phi) is 13.8. The standard InChI is InChI=1S/C35H47N7O2S/c1-7-16-42(17-11-10-12-23(4)8-2)35(43)26-13-14-29(27(19-26)20-36)30-22-39-25(6)31(41-30)34(40-21-28(37)9-3)44-33(38)32-24(5)15-18-45-32/h13-15,18-19,22-23,28,38H,7-12,16-17,21,37H2,1-6H3. The van der Waals surface area contributed by atoms with Crippen molar-refractivity contribution in [1.29, 1.82) is 10.7 Å². The van der Waals surface area contributed by atoms with E-state index >= 15 is 0 Å². The number of nitrogens with zero attached hydrogens (tertiary/aromatic N) is 5. The predicted molar refractivity (Wildman–Crippen MR) is 183 cm³/mol. The Labute approximate surface area is 272 Å². The first kappa shape index (κ1) is 35.5. The lowest BCUT2D eigenvalue weighted by Gasteiger charge is -2.23. The number of aryl methyl sites for hydroxylation is 2. The molecule has 0 radical (unpaired) electrons. The Balaban J connectivity index is 1.93. The van der Waals surface area contributed by atoms with Crippen molar-refractivity contribution >= 4 is 29.0 Å². The molecule has 2 heterocycles. The summed E-state index contributed by atoms with van der Waals surface area (Å²) in [4.78, 5) is 30.1.